The third-order valence-corrected chi connectivity index (χ3v) is 4.67. The van der Waals surface area contributed by atoms with Crippen LogP contribution in [0.5, 0.6) is 0 Å². The van der Waals surface area contributed by atoms with Crippen molar-refractivity contribution in [3.05, 3.63) is 75.9 Å². The van der Waals surface area contributed by atoms with E-state index < -0.39 is 6.23 Å². The SMILES string of the molecule is CC(=O)N1N=C(c2cccc(Br)c2)O[C@H]1c1cc(C)nc2ccccc12. The number of hydrogen-bond acceptors (Lipinski definition) is 4. The van der Waals surface area contributed by atoms with Crippen molar-refractivity contribution in [2.45, 2.75) is 20.1 Å². The first kappa shape index (κ1) is 16.7. The van der Waals surface area contributed by atoms with E-state index in [0.29, 0.717) is 5.90 Å². The van der Waals surface area contributed by atoms with Gasteiger partial charge in [0.05, 0.1) is 5.52 Å². The van der Waals surface area contributed by atoms with Crippen LogP contribution in [0, 0.1) is 6.92 Å². The topological polar surface area (TPSA) is 54.8 Å². The van der Waals surface area contributed by atoms with Gasteiger partial charge in [-0.3, -0.25) is 9.78 Å². The van der Waals surface area contributed by atoms with Crippen LogP contribution in [0.15, 0.2) is 64.2 Å². The molecule has 26 heavy (non-hydrogen) atoms. The summed E-state index contributed by atoms with van der Waals surface area (Å²) >= 11 is 3.46. The Morgan fingerprint density at radius 2 is 1.96 bits per heavy atom. The van der Waals surface area contributed by atoms with Gasteiger partial charge in [0.2, 0.25) is 18.0 Å². The maximum absolute atomic E-state index is 12.2. The van der Waals surface area contributed by atoms with E-state index in [1.54, 1.807) is 0 Å². The molecule has 0 fully saturated rings. The zero-order valence-electron chi connectivity index (χ0n) is 14.3. The Morgan fingerprint density at radius 3 is 2.73 bits per heavy atom. The number of halogens is 1. The number of carbonyl (C=O) groups excluding carboxylic acids is 1. The lowest BCUT2D eigenvalue weighted by Crippen LogP contribution is -2.25. The molecule has 3 aromatic rings. The Hall–Kier alpha value is -2.73. The monoisotopic (exact) mass is 409 g/mol. The molecule has 6 heteroatoms. The predicted octanol–water partition coefficient (Wildman–Crippen LogP) is 4.54. The van der Waals surface area contributed by atoms with Gasteiger partial charge in [0.25, 0.3) is 0 Å². The van der Waals surface area contributed by atoms with Crippen LogP contribution in [0.2, 0.25) is 0 Å². The molecule has 0 unspecified atom stereocenters. The average Bonchev–Trinajstić information content (AvgIpc) is 3.06. The highest BCUT2D eigenvalue weighted by molar-refractivity contribution is 9.10. The smallest absolute Gasteiger partial charge is 0.243 e. The third-order valence-electron chi connectivity index (χ3n) is 4.18. The van der Waals surface area contributed by atoms with Gasteiger partial charge >= 0.3 is 0 Å². The molecule has 0 radical (unpaired) electrons. The molecule has 0 spiro atoms. The summed E-state index contributed by atoms with van der Waals surface area (Å²) in [6.45, 7) is 3.42. The number of aryl methyl sites for hydroxylation is 1. The van der Waals surface area contributed by atoms with Crippen LogP contribution in [0.3, 0.4) is 0 Å². The lowest BCUT2D eigenvalue weighted by molar-refractivity contribution is -0.135. The summed E-state index contributed by atoms with van der Waals surface area (Å²) in [5, 5.41) is 6.76. The fraction of sp³-hybridized carbons (Fsp3) is 0.150. The molecule has 2 aromatic carbocycles. The number of rotatable bonds is 2. The minimum atomic E-state index is -0.618. The normalized spacial score (nSPS) is 16.5. The number of aromatic nitrogens is 1. The molecule has 1 aromatic heterocycles. The number of benzene rings is 2. The first-order valence-electron chi connectivity index (χ1n) is 8.20. The molecule has 5 nitrogen and oxygen atoms in total. The second kappa shape index (κ2) is 6.53. The predicted molar refractivity (Wildman–Crippen MR) is 104 cm³/mol. The number of hydrazone groups is 1. The fourth-order valence-electron chi connectivity index (χ4n) is 3.05. The molecule has 1 atom stereocenters. The summed E-state index contributed by atoms with van der Waals surface area (Å²) in [6, 6.07) is 17.4. The summed E-state index contributed by atoms with van der Waals surface area (Å²) in [7, 11) is 0. The Labute approximate surface area is 159 Å². The Kier molecular flexibility index (Phi) is 4.20. The molecule has 130 valence electrons. The van der Waals surface area contributed by atoms with Gasteiger partial charge in [0, 0.05) is 33.6 Å². The largest absolute Gasteiger partial charge is 0.446 e. The molecular formula is C20H16BrN3O2. The summed E-state index contributed by atoms with van der Waals surface area (Å²) < 4.78 is 7.05. The van der Waals surface area contributed by atoms with Crippen molar-refractivity contribution in [1.82, 2.24) is 9.99 Å². The van der Waals surface area contributed by atoms with E-state index in [1.807, 2.05) is 61.5 Å². The summed E-state index contributed by atoms with van der Waals surface area (Å²) in [6.07, 6.45) is -0.618. The number of para-hydroxylation sites is 1. The van der Waals surface area contributed by atoms with Crippen molar-refractivity contribution in [1.29, 1.82) is 0 Å². The van der Waals surface area contributed by atoms with Crippen molar-refractivity contribution in [2.75, 3.05) is 0 Å². The van der Waals surface area contributed by atoms with Crippen LogP contribution in [0.1, 0.15) is 30.0 Å². The maximum atomic E-state index is 12.2. The highest BCUT2D eigenvalue weighted by Gasteiger charge is 2.34. The van der Waals surface area contributed by atoms with Crippen LogP contribution >= 0.6 is 15.9 Å². The van der Waals surface area contributed by atoms with Crippen LogP contribution in [-0.4, -0.2) is 21.8 Å². The van der Waals surface area contributed by atoms with Gasteiger partial charge in [0.1, 0.15) is 0 Å². The van der Waals surface area contributed by atoms with Gasteiger partial charge < -0.3 is 4.74 Å². The number of nitrogens with zero attached hydrogens (tertiary/aromatic N) is 3. The molecule has 0 saturated carbocycles. The standard InChI is InChI=1S/C20H16BrN3O2/c1-12-10-17(16-8-3-4-9-18(16)22-12)20-24(13(2)25)23-19(26-20)14-6-5-7-15(21)11-14/h3-11,20H,1-2H3/t20-/m0/s1. The van der Waals surface area contributed by atoms with E-state index in [0.717, 1.165) is 32.2 Å². The quantitative estimate of drug-likeness (QED) is 0.623. The molecular weight excluding hydrogens is 394 g/mol. The Morgan fingerprint density at radius 1 is 1.15 bits per heavy atom. The Balaban J connectivity index is 1.82. The van der Waals surface area contributed by atoms with Crippen LogP contribution in [0.4, 0.5) is 0 Å². The minimum absolute atomic E-state index is 0.182. The zero-order valence-corrected chi connectivity index (χ0v) is 15.9. The van der Waals surface area contributed by atoms with Crippen LogP contribution < -0.4 is 0 Å². The highest BCUT2D eigenvalue weighted by atomic mass is 79.9. The van der Waals surface area contributed by atoms with Crippen molar-refractivity contribution in [3.8, 4) is 0 Å². The van der Waals surface area contributed by atoms with Crippen molar-refractivity contribution < 1.29 is 9.53 Å². The third kappa shape index (κ3) is 2.97. The van der Waals surface area contributed by atoms with Gasteiger partial charge in [-0.25, -0.2) is 0 Å². The second-order valence-electron chi connectivity index (χ2n) is 6.12. The zero-order chi connectivity index (χ0) is 18.3. The number of amides is 1. The van der Waals surface area contributed by atoms with Crippen molar-refractivity contribution >= 4 is 38.6 Å². The summed E-state index contributed by atoms with van der Waals surface area (Å²) in [5.74, 6) is 0.239. The minimum Gasteiger partial charge on any atom is -0.446 e. The first-order valence-corrected chi connectivity index (χ1v) is 8.99. The van der Waals surface area contributed by atoms with Crippen LogP contribution in [0.25, 0.3) is 10.9 Å². The lowest BCUT2D eigenvalue weighted by Gasteiger charge is -2.21. The van der Waals surface area contributed by atoms with Gasteiger partial charge in [-0.2, -0.15) is 5.01 Å². The molecule has 1 aliphatic rings. The average molecular weight is 410 g/mol. The molecule has 2 heterocycles. The first-order chi connectivity index (χ1) is 12.5. The summed E-state index contributed by atoms with van der Waals surface area (Å²) in [5.41, 5.74) is 3.41. The second-order valence-corrected chi connectivity index (χ2v) is 7.03. The van der Waals surface area contributed by atoms with Gasteiger partial charge in [0.15, 0.2) is 0 Å². The van der Waals surface area contributed by atoms with E-state index in [2.05, 4.69) is 26.0 Å². The van der Waals surface area contributed by atoms with E-state index in [1.165, 1.54) is 11.9 Å². The van der Waals surface area contributed by atoms with Crippen LogP contribution in [-0.2, 0) is 9.53 Å². The molecule has 1 aliphatic heterocycles. The van der Waals surface area contributed by atoms with Crippen molar-refractivity contribution in [2.24, 2.45) is 5.10 Å². The fourth-order valence-corrected chi connectivity index (χ4v) is 3.45. The number of pyridine rings is 1. The lowest BCUT2D eigenvalue weighted by atomic mass is 10.1. The molecule has 1 amide bonds. The van der Waals surface area contributed by atoms with Crippen molar-refractivity contribution in [3.63, 3.8) is 0 Å². The summed E-state index contributed by atoms with van der Waals surface area (Å²) in [4.78, 5) is 16.8. The van der Waals surface area contributed by atoms with E-state index in [-0.39, 0.29) is 5.91 Å². The maximum Gasteiger partial charge on any atom is 0.243 e. The molecule has 0 N–H and O–H groups in total. The van der Waals surface area contributed by atoms with Gasteiger partial charge in [-0.1, -0.05) is 40.2 Å². The highest BCUT2D eigenvalue weighted by Crippen LogP contribution is 2.34. The number of carbonyl (C=O) groups is 1. The Bertz CT molecular complexity index is 1050. The molecule has 4 rings (SSSR count). The molecule has 0 aliphatic carbocycles. The molecule has 0 bridgehead atoms. The van der Waals surface area contributed by atoms with E-state index >= 15 is 0 Å². The number of ether oxygens (including phenoxy) is 1. The van der Waals surface area contributed by atoms with E-state index in [9.17, 15) is 4.79 Å². The van der Waals surface area contributed by atoms with Gasteiger partial charge in [-0.05, 0) is 37.3 Å². The molecule has 0 saturated heterocycles. The van der Waals surface area contributed by atoms with E-state index in [4.69, 9.17) is 4.74 Å². The number of fused-ring (bicyclic) bond motifs is 1. The number of hydrogen-bond donors (Lipinski definition) is 0. The van der Waals surface area contributed by atoms with Gasteiger partial charge in [-0.15, -0.1) is 5.10 Å².